The highest BCUT2D eigenvalue weighted by molar-refractivity contribution is 7.89. The largest absolute Gasteiger partial charge is 0.376 e. The first-order valence-corrected chi connectivity index (χ1v) is 9.41. The SMILES string of the molecule is CCS(=O)(=O)NC[C@H]1CO[C@@H]2CN(Cc3cnn(C)c3)C[C@H]12. The van der Waals surface area contributed by atoms with Crippen molar-refractivity contribution in [3.63, 3.8) is 0 Å². The Morgan fingerprint density at radius 2 is 2.27 bits per heavy atom. The van der Waals surface area contributed by atoms with Crippen molar-refractivity contribution in [3.8, 4) is 0 Å². The van der Waals surface area contributed by atoms with Crippen molar-refractivity contribution in [1.29, 1.82) is 0 Å². The van der Waals surface area contributed by atoms with Gasteiger partial charge >= 0.3 is 0 Å². The second-order valence-corrected chi connectivity index (χ2v) is 8.36. The van der Waals surface area contributed by atoms with Gasteiger partial charge in [-0.2, -0.15) is 5.10 Å². The molecule has 2 aliphatic rings. The molecule has 22 heavy (non-hydrogen) atoms. The van der Waals surface area contributed by atoms with Crippen LogP contribution in [0.4, 0.5) is 0 Å². The standard InChI is InChI=1S/C14H24N4O3S/c1-3-22(19,20)16-5-12-10-21-14-9-18(8-13(12)14)7-11-4-15-17(2)6-11/h4,6,12-14,16H,3,5,7-10H2,1-2H3/t12-,13+,14+/m0/s1. The second-order valence-electron chi connectivity index (χ2n) is 6.26. The fraction of sp³-hybridized carbons (Fsp3) is 0.786. The maximum Gasteiger partial charge on any atom is 0.211 e. The minimum Gasteiger partial charge on any atom is -0.376 e. The lowest BCUT2D eigenvalue weighted by Crippen LogP contribution is -2.34. The second kappa shape index (κ2) is 6.27. The number of rotatable bonds is 6. The average Bonchev–Trinajstić information content (AvgIpc) is 3.14. The lowest BCUT2D eigenvalue weighted by molar-refractivity contribution is 0.0942. The molecule has 1 aromatic rings. The molecule has 0 radical (unpaired) electrons. The molecule has 8 heteroatoms. The van der Waals surface area contributed by atoms with Gasteiger partial charge in [0.25, 0.3) is 0 Å². The zero-order valence-corrected chi connectivity index (χ0v) is 13.9. The van der Waals surface area contributed by atoms with Crippen molar-refractivity contribution in [2.45, 2.75) is 19.6 Å². The monoisotopic (exact) mass is 328 g/mol. The third-order valence-corrected chi connectivity index (χ3v) is 5.99. The number of aryl methyl sites for hydroxylation is 1. The third kappa shape index (κ3) is 3.51. The molecule has 7 nitrogen and oxygen atoms in total. The third-order valence-electron chi connectivity index (χ3n) is 4.62. The molecule has 0 saturated carbocycles. The average molecular weight is 328 g/mol. The number of fused-ring (bicyclic) bond motifs is 1. The van der Waals surface area contributed by atoms with E-state index >= 15 is 0 Å². The fourth-order valence-electron chi connectivity index (χ4n) is 3.37. The van der Waals surface area contributed by atoms with E-state index in [9.17, 15) is 8.42 Å². The lowest BCUT2D eigenvalue weighted by atomic mass is 9.93. The molecule has 3 rings (SSSR count). The first-order chi connectivity index (χ1) is 10.5. The Morgan fingerprint density at radius 3 is 2.95 bits per heavy atom. The van der Waals surface area contributed by atoms with Crippen LogP contribution in [0.5, 0.6) is 0 Å². The van der Waals surface area contributed by atoms with Gasteiger partial charge in [0, 0.05) is 56.8 Å². The van der Waals surface area contributed by atoms with Crippen molar-refractivity contribution in [2.75, 3.05) is 32.0 Å². The summed E-state index contributed by atoms with van der Waals surface area (Å²) in [5.41, 5.74) is 1.20. The number of hydrogen-bond donors (Lipinski definition) is 1. The van der Waals surface area contributed by atoms with E-state index in [-0.39, 0.29) is 17.8 Å². The summed E-state index contributed by atoms with van der Waals surface area (Å²) >= 11 is 0. The number of ether oxygens (including phenoxy) is 1. The molecule has 0 aliphatic carbocycles. The van der Waals surface area contributed by atoms with E-state index in [2.05, 4.69) is 14.7 Å². The Hall–Kier alpha value is -0.960. The van der Waals surface area contributed by atoms with Gasteiger partial charge in [0.05, 0.1) is 24.7 Å². The van der Waals surface area contributed by atoms with Gasteiger partial charge in [0.1, 0.15) is 0 Å². The summed E-state index contributed by atoms with van der Waals surface area (Å²) in [4.78, 5) is 2.37. The van der Waals surface area contributed by atoms with E-state index in [0.29, 0.717) is 19.1 Å². The van der Waals surface area contributed by atoms with Gasteiger partial charge in [-0.25, -0.2) is 13.1 Å². The molecule has 2 saturated heterocycles. The lowest BCUT2D eigenvalue weighted by Gasteiger charge is -2.19. The Morgan fingerprint density at radius 1 is 1.45 bits per heavy atom. The molecule has 124 valence electrons. The summed E-state index contributed by atoms with van der Waals surface area (Å²) < 4.78 is 33.5. The first kappa shape index (κ1) is 15.9. The molecule has 0 bridgehead atoms. The van der Waals surface area contributed by atoms with Gasteiger partial charge in [-0.1, -0.05) is 0 Å². The van der Waals surface area contributed by atoms with Gasteiger partial charge < -0.3 is 4.74 Å². The number of nitrogens with one attached hydrogen (secondary N) is 1. The van der Waals surface area contributed by atoms with E-state index in [4.69, 9.17) is 4.74 Å². The van der Waals surface area contributed by atoms with Crippen molar-refractivity contribution in [3.05, 3.63) is 18.0 Å². The first-order valence-electron chi connectivity index (χ1n) is 7.75. The normalized spacial score (nSPS) is 29.1. The van der Waals surface area contributed by atoms with Crippen LogP contribution in [0.25, 0.3) is 0 Å². The molecule has 2 aliphatic heterocycles. The molecular formula is C14H24N4O3S. The van der Waals surface area contributed by atoms with E-state index in [1.807, 2.05) is 24.1 Å². The Balaban J connectivity index is 1.54. The number of sulfonamides is 1. The summed E-state index contributed by atoms with van der Waals surface area (Å²) in [5.74, 6) is 0.809. The Bertz CT molecular complexity index is 615. The maximum atomic E-state index is 11.6. The number of aromatic nitrogens is 2. The van der Waals surface area contributed by atoms with Crippen LogP contribution in [0.2, 0.25) is 0 Å². The number of nitrogens with zero attached hydrogens (tertiary/aromatic N) is 3. The molecule has 3 atom stereocenters. The summed E-state index contributed by atoms with van der Waals surface area (Å²) in [5, 5.41) is 4.19. The maximum absolute atomic E-state index is 11.6. The minimum atomic E-state index is -3.13. The highest BCUT2D eigenvalue weighted by Crippen LogP contribution is 2.34. The molecular weight excluding hydrogens is 304 g/mol. The fourth-order valence-corrected chi connectivity index (χ4v) is 4.04. The van der Waals surface area contributed by atoms with Crippen LogP contribution >= 0.6 is 0 Å². The van der Waals surface area contributed by atoms with E-state index in [0.717, 1.165) is 19.6 Å². The van der Waals surface area contributed by atoms with Crippen LogP contribution in [-0.4, -0.2) is 61.2 Å². The van der Waals surface area contributed by atoms with E-state index < -0.39 is 10.0 Å². The highest BCUT2D eigenvalue weighted by Gasteiger charge is 2.43. The van der Waals surface area contributed by atoms with Crippen LogP contribution in [0.15, 0.2) is 12.4 Å². The Labute approximate surface area is 131 Å². The zero-order valence-electron chi connectivity index (χ0n) is 13.1. The van der Waals surface area contributed by atoms with Crippen molar-refractivity contribution >= 4 is 10.0 Å². The van der Waals surface area contributed by atoms with Crippen LogP contribution in [0, 0.1) is 11.8 Å². The summed E-state index contributed by atoms with van der Waals surface area (Å²) in [6, 6.07) is 0. The number of hydrogen-bond acceptors (Lipinski definition) is 5. The summed E-state index contributed by atoms with van der Waals surface area (Å²) in [7, 11) is -1.21. The molecule has 0 amide bonds. The van der Waals surface area contributed by atoms with Crippen LogP contribution in [0.1, 0.15) is 12.5 Å². The molecule has 0 aromatic carbocycles. The quantitative estimate of drug-likeness (QED) is 0.783. The molecule has 1 N–H and O–H groups in total. The smallest absolute Gasteiger partial charge is 0.211 e. The predicted molar refractivity (Wildman–Crippen MR) is 82.7 cm³/mol. The topological polar surface area (TPSA) is 76.5 Å². The van der Waals surface area contributed by atoms with Gasteiger partial charge in [-0.3, -0.25) is 9.58 Å². The van der Waals surface area contributed by atoms with Crippen LogP contribution in [-0.2, 0) is 28.4 Å². The molecule has 1 aromatic heterocycles. The van der Waals surface area contributed by atoms with Gasteiger partial charge in [0.15, 0.2) is 0 Å². The summed E-state index contributed by atoms with van der Waals surface area (Å²) in [6.07, 6.45) is 4.15. The predicted octanol–water partition coefficient (Wildman–Crippen LogP) is -0.194. The number of likely N-dealkylation sites (tertiary alicyclic amines) is 1. The van der Waals surface area contributed by atoms with Crippen molar-refractivity contribution in [1.82, 2.24) is 19.4 Å². The van der Waals surface area contributed by atoms with Gasteiger partial charge in [-0.15, -0.1) is 0 Å². The van der Waals surface area contributed by atoms with Crippen LogP contribution in [0.3, 0.4) is 0 Å². The van der Waals surface area contributed by atoms with Crippen molar-refractivity contribution < 1.29 is 13.2 Å². The van der Waals surface area contributed by atoms with Crippen molar-refractivity contribution in [2.24, 2.45) is 18.9 Å². The molecule has 0 unspecified atom stereocenters. The molecule has 0 spiro atoms. The highest BCUT2D eigenvalue weighted by atomic mass is 32.2. The minimum absolute atomic E-state index is 0.127. The molecule has 2 fully saturated rings. The van der Waals surface area contributed by atoms with Gasteiger partial charge in [0.2, 0.25) is 10.0 Å². The zero-order chi connectivity index (χ0) is 15.7. The molecule has 3 heterocycles. The summed E-state index contributed by atoms with van der Waals surface area (Å²) in [6.45, 7) is 5.54. The van der Waals surface area contributed by atoms with Crippen LogP contribution < -0.4 is 4.72 Å². The van der Waals surface area contributed by atoms with E-state index in [1.165, 1.54) is 5.56 Å². The van der Waals surface area contributed by atoms with Gasteiger partial charge in [-0.05, 0) is 6.92 Å². The van der Waals surface area contributed by atoms with E-state index in [1.54, 1.807) is 6.92 Å². The Kier molecular flexibility index (Phi) is 4.54.